The Balaban J connectivity index is 1.48. The van der Waals surface area contributed by atoms with E-state index in [1.165, 1.54) is 0 Å². The van der Waals surface area contributed by atoms with E-state index in [-0.39, 0.29) is 39.6 Å². The van der Waals surface area contributed by atoms with Crippen molar-refractivity contribution in [1.29, 1.82) is 0 Å². The summed E-state index contributed by atoms with van der Waals surface area (Å²) in [6, 6.07) is 38.0. The van der Waals surface area contributed by atoms with Gasteiger partial charge in [-0.25, -0.2) is 8.78 Å². The fourth-order valence-corrected chi connectivity index (χ4v) is 5.77. The highest BCUT2D eigenvalue weighted by Crippen LogP contribution is 2.39. The van der Waals surface area contributed by atoms with E-state index in [1.54, 1.807) is 6.92 Å². The Bertz CT molecular complexity index is 1510. The summed E-state index contributed by atoms with van der Waals surface area (Å²) in [5.74, 6) is -4.20. The number of alkyl halides is 2. The zero-order valence-electron chi connectivity index (χ0n) is 27.7. The molecule has 49 heavy (non-hydrogen) atoms. The van der Waals surface area contributed by atoms with Gasteiger partial charge in [0.2, 0.25) is 0 Å². The van der Waals surface area contributed by atoms with Crippen LogP contribution in [-0.2, 0) is 59.6 Å². The van der Waals surface area contributed by atoms with Crippen LogP contribution in [0.3, 0.4) is 0 Å². The molecule has 0 spiro atoms. The van der Waals surface area contributed by atoms with Gasteiger partial charge in [-0.15, -0.1) is 0 Å². The monoisotopic (exact) mass is 674 g/mol. The second-order valence-electron chi connectivity index (χ2n) is 11.9. The zero-order chi connectivity index (χ0) is 34.3. The summed E-state index contributed by atoms with van der Waals surface area (Å²) in [5, 5.41) is 0. The van der Waals surface area contributed by atoms with Gasteiger partial charge in [-0.2, -0.15) is 0 Å². The lowest BCUT2D eigenvalue weighted by atomic mass is 9.89. The van der Waals surface area contributed by atoms with Gasteiger partial charge in [0.05, 0.1) is 46.1 Å². The van der Waals surface area contributed by atoms with E-state index >= 15 is 8.78 Å². The number of rotatable bonds is 18. The van der Waals surface area contributed by atoms with Gasteiger partial charge in [-0.3, -0.25) is 4.79 Å². The van der Waals surface area contributed by atoms with Crippen LogP contribution in [0.15, 0.2) is 121 Å². The maximum absolute atomic E-state index is 16.4. The van der Waals surface area contributed by atoms with Crippen molar-refractivity contribution in [2.75, 3.05) is 13.2 Å². The standard InChI is InChI=1S/C40H44F2O7/c1-2-45-35(43)23-24-40(41,42)39-38(48-28-33-21-13-6-14-22-33)37(47-27-32-19-11-5-12-20-32)36(46-26-31-17-9-4-10-18-31)34(49-39)29-44-25-30-15-7-3-8-16-30/h3-22,34,36-39H,2,23-29H2,1H3. The molecule has 5 rings (SSSR count). The van der Waals surface area contributed by atoms with Crippen LogP contribution in [0.5, 0.6) is 0 Å². The van der Waals surface area contributed by atoms with Crippen molar-refractivity contribution >= 4 is 5.97 Å². The first-order valence-corrected chi connectivity index (χ1v) is 16.7. The Morgan fingerprint density at radius 2 is 1.06 bits per heavy atom. The van der Waals surface area contributed by atoms with Gasteiger partial charge in [-0.05, 0) is 29.2 Å². The largest absolute Gasteiger partial charge is 0.466 e. The Morgan fingerprint density at radius 3 is 1.53 bits per heavy atom. The third-order valence-corrected chi connectivity index (χ3v) is 8.27. The molecule has 7 nitrogen and oxygen atoms in total. The summed E-state index contributed by atoms with van der Waals surface area (Å²) in [6.07, 6.45) is -7.13. The highest BCUT2D eigenvalue weighted by Gasteiger charge is 2.57. The molecule has 4 aromatic rings. The molecule has 0 N–H and O–H groups in total. The molecule has 1 aliphatic rings. The summed E-state index contributed by atoms with van der Waals surface area (Å²) in [4.78, 5) is 12.2. The lowest BCUT2D eigenvalue weighted by molar-refractivity contribution is -0.310. The van der Waals surface area contributed by atoms with Crippen molar-refractivity contribution in [2.45, 2.75) is 82.6 Å². The van der Waals surface area contributed by atoms with Gasteiger partial charge in [0.1, 0.15) is 24.4 Å². The lowest BCUT2D eigenvalue weighted by Gasteiger charge is -2.48. The number of ether oxygens (including phenoxy) is 6. The Labute approximate surface area is 287 Å². The Morgan fingerprint density at radius 1 is 0.633 bits per heavy atom. The van der Waals surface area contributed by atoms with E-state index in [0.717, 1.165) is 22.3 Å². The van der Waals surface area contributed by atoms with E-state index in [2.05, 4.69) is 0 Å². The predicted octanol–water partition coefficient (Wildman–Crippen LogP) is 7.71. The van der Waals surface area contributed by atoms with Crippen molar-refractivity contribution in [3.63, 3.8) is 0 Å². The van der Waals surface area contributed by atoms with Gasteiger partial charge in [0, 0.05) is 6.42 Å². The number of carbonyl (C=O) groups excluding carboxylic acids is 1. The average Bonchev–Trinajstić information content (AvgIpc) is 3.13. The van der Waals surface area contributed by atoms with Gasteiger partial charge in [-0.1, -0.05) is 121 Å². The van der Waals surface area contributed by atoms with Crippen LogP contribution >= 0.6 is 0 Å². The molecule has 1 fully saturated rings. The second-order valence-corrected chi connectivity index (χ2v) is 11.9. The zero-order valence-corrected chi connectivity index (χ0v) is 27.7. The topological polar surface area (TPSA) is 72.5 Å². The van der Waals surface area contributed by atoms with Gasteiger partial charge < -0.3 is 28.4 Å². The van der Waals surface area contributed by atoms with Crippen LogP contribution in [0.25, 0.3) is 0 Å². The first-order valence-electron chi connectivity index (χ1n) is 16.7. The fraction of sp³-hybridized carbons (Fsp3) is 0.375. The number of benzene rings is 4. The molecule has 5 atom stereocenters. The highest BCUT2D eigenvalue weighted by molar-refractivity contribution is 5.69. The van der Waals surface area contributed by atoms with E-state index in [1.807, 2.05) is 121 Å². The van der Waals surface area contributed by atoms with Crippen molar-refractivity contribution in [3.8, 4) is 0 Å². The molecule has 1 aliphatic heterocycles. The molecule has 9 heteroatoms. The number of halogens is 2. The Hall–Kier alpha value is -3.99. The molecule has 0 amide bonds. The van der Waals surface area contributed by atoms with Gasteiger partial charge in [0.15, 0.2) is 6.10 Å². The molecule has 1 saturated heterocycles. The van der Waals surface area contributed by atoms with E-state index in [4.69, 9.17) is 28.4 Å². The van der Waals surface area contributed by atoms with Crippen LogP contribution in [0.4, 0.5) is 8.78 Å². The molecule has 4 aromatic carbocycles. The van der Waals surface area contributed by atoms with Gasteiger partial charge in [0.25, 0.3) is 5.92 Å². The minimum absolute atomic E-state index is 0.0328. The number of hydrogen-bond acceptors (Lipinski definition) is 7. The molecule has 0 saturated carbocycles. The van der Waals surface area contributed by atoms with Crippen molar-refractivity contribution in [1.82, 2.24) is 0 Å². The molecule has 0 bridgehead atoms. The Kier molecular flexibility index (Phi) is 13.8. The van der Waals surface area contributed by atoms with Crippen molar-refractivity contribution < 1.29 is 42.0 Å². The van der Waals surface area contributed by atoms with E-state index < -0.39 is 55.3 Å². The first-order chi connectivity index (χ1) is 23.9. The second kappa shape index (κ2) is 18.7. The van der Waals surface area contributed by atoms with Crippen LogP contribution in [-0.4, -0.2) is 55.6 Å². The number of hydrogen-bond donors (Lipinski definition) is 0. The first kappa shape index (κ1) is 36.3. The molecule has 5 unspecified atom stereocenters. The minimum Gasteiger partial charge on any atom is -0.466 e. The average molecular weight is 675 g/mol. The maximum atomic E-state index is 16.4. The highest BCUT2D eigenvalue weighted by atomic mass is 19.3. The third-order valence-electron chi connectivity index (χ3n) is 8.27. The minimum atomic E-state index is -3.50. The molecular formula is C40H44F2O7. The summed E-state index contributed by atoms with van der Waals surface area (Å²) >= 11 is 0. The number of carbonyl (C=O) groups is 1. The molecular weight excluding hydrogens is 630 g/mol. The molecule has 0 aromatic heterocycles. The summed E-state index contributed by atoms with van der Waals surface area (Å²) in [6.45, 7) is 2.28. The smallest absolute Gasteiger partial charge is 0.305 e. The van der Waals surface area contributed by atoms with E-state index in [9.17, 15) is 4.79 Å². The van der Waals surface area contributed by atoms with Crippen molar-refractivity contribution in [2.24, 2.45) is 0 Å². The molecule has 0 radical (unpaired) electrons. The van der Waals surface area contributed by atoms with Crippen LogP contribution < -0.4 is 0 Å². The summed E-state index contributed by atoms with van der Waals surface area (Å²) in [7, 11) is 0. The molecule has 0 aliphatic carbocycles. The fourth-order valence-electron chi connectivity index (χ4n) is 5.77. The summed E-state index contributed by atoms with van der Waals surface area (Å²) in [5.41, 5.74) is 3.49. The third kappa shape index (κ3) is 11.0. The maximum Gasteiger partial charge on any atom is 0.305 e. The molecule has 260 valence electrons. The van der Waals surface area contributed by atoms with Crippen LogP contribution in [0, 0.1) is 0 Å². The summed E-state index contributed by atoms with van der Waals surface area (Å²) < 4.78 is 69.6. The van der Waals surface area contributed by atoms with Gasteiger partial charge >= 0.3 is 5.97 Å². The van der Waals surface area contributed by atoms with Crippen LogP contribution in [0.1, 0.15) is 42.0 Å². The normalized spacial score (nSPS) is 20.9. The lowest BCUT2D eigenvalue weighted by Crippen LogP contribution is -2.65. The number of esters is 1. The quantitative estimate of drug-likeness (QED) is 0.100. The van der Waals surface area contributed by atoms with E-state index in [0.29, 0.717) is 0 Å². The predicted molar refractivity (Wildman–Crippen MR) is 181 cm³/mol. The van der Waals surface area contributed by atoms with Crippen molar-refractivity contribution in [3.05, 3.63) is 144 Å². The van der Waals surface area contributed by atoms with Crippen LogP contribution in [0.2, 0.25) is 0 Å². The SMILES string of the molecule is CCOC(=O)CCC(F)(F)C1OC(COCc2ccccc2)C(OCc2ccccc2)C(OCc2ccccc2)C1OCc1ccccc1. The molecule has 1 heterocycles.